The fourth-order valence-electron chi connectivity index (χ4n) is 2.34. The van der Waals surface area contributed by atoms with Crippen LogP contribution < -0.4 is 4.90 Å². The smallest absolute Gasteiger partial charge is 0.407 e. The molecule has 1 aromatic rings. The number of nitro groups is 1. The Labute approximate surface area is 115 Å². The monoisotopic (exact) mass is 281 g/mol. The summed E-state index contributed by atoms with van der Waals surface area (Å²) in [5.74, 6) is -0.388. The van der Waals surface area contributed by atoms with Crippen molar-refractivity contribution in [2.75, 3.05) is 24.5 Å². The van der Waals surface area contributed by atoms with E-state index in [9.17, 15) is 20.0 Å². The van der Waals surface area contributed by atoms with E-state index in [-0.39, 0.29) is 17.5 Å². The largest absolute Gasteiger partial charge is 0.502 e. The third-order valence-electron chi connectivity index (χ3n) is 3.39. The van der Waals surface area contributed by atoms with E-state index in [0.29, 0.717) is 25.3 Å². The molecule has 0 unspecified atom stereocenters. The van der Waals surface area contributed by atoms with Crippen LogP contribution in [0.2, 0.25) is 0 Å². The van der Waals surface area contributed by atoms with Crippen LogP contribution in [0.3, 0.4) is 0 Å². The quantitative estimate of drug-likeness (QED) is 0.628. The molecule has 1 aliphatic heterocycles. The van der Waals surface area contributed by atoms with Gasteiger partial charge in [-0.2, -0.15) is 0 Å². The summed E-state index contributed by atoms with van der Waals surface area (Å²) in [5.41, 5.74) is 0.302. The van der Waals surface area contributed by atoms with E-state index in [4.69, 9.17) is 5.11 Å². The Bertz CT molecular complexity index is 548. The summed E-state index contributed by atoms with van der Waals surface area (Å²) in [6.07, 6.45) is -0.955. The van der Waals surface area contributed by atoms with Crippen LogP contribution in [-0.4, -0.2) is 51.8 Å². The van der Waals surface area contributed by atoms with E-state index in [0.717, 1.165) is 0 Å². The number of hydrogen-bond acceptors (Lipinski definition) is 5. The van der Waals surface area contributed by atoms with Gasteiger partial charge in [-0.05, 0) is 13.0 Å². The molecule has 0 saturated carbocycles. The molecule has 1 heterocycles. The summed E-state index contributed by atoms with van der Waals surface area (Å²) in [6, 6.07) is 3.96. The van der Waals surface area contributed by atoms with Gasteiger partial charge in [-0.3, -0.25) is 10.1 Å². The minimum atomic E-state index is -0.955. The zero-order valence-electron chi connectivity index (χ0n) is 10.9. The van der Waals surface area contributed by atoms with Crippen molar-refractivity contribution in [2.45, 2.75) is 13.0 Å². The lowest BCUT2D eigenvalue weighted by atomic mass is 10.1. The van der Waals surface area contributed by atoms with Gasteiger partial charge >= 0.3 is 11.8 Å². The summed E-state index contributed by atoms with van der Waals surface area (Å²) < 4.78 is 0. The second-order valence-corrected chi connectivity index (χ2v) is 4.70. The molecule has 2 rings (SSSR count). The fraction of sp³-hybridized carbons (Fsp3) is 0.417. The number of phenolic OH excluding ortho intramolecular Hbond substituents is 1. The first-order valence-corrected chi connectivity index (χ1v) is 6.12. The summed E-state index contributed by atoms with van der Waals surface area (Å²) >= 11 is 0. The first-order chi connectivity index (χ1) is 9.40. The van der Waals surface area contributed by atoms with Crippen LogP contribution in [0.5, 0.6) is 5.75 Å². The summed E-state index contributed by atoms with van der Waals surface area (Å²) in [7, 11) is 0. The summed E-state index contributed by atoms with van der Waals surface area (Å²) in [6.45, 7) is 3.11. The maximum Gasteiger partial charge on any atom is 0.407 e. The van der Waals surface area contributed by atoms with Crippen molar-refractivity contribution in [1.29, 1.82) is 0 Å². The van der Waals surface area contributed by atoms with E-state index >= 15 is 0 Å². The molecule has 0 radical (unpaired) electrons. The van der Waals surface area contributed by atoms with Crippen LogP contribution in [0, 0.1) is 10.1 Å². The van der Waals surface area contributed by atoms with Crippen LogP contribution in [0.25, 0.3) is 0 Å². The molecule has 1 saturated heterocycles. The Morgan fingerprint density at radius 3 is 2.65 bits per heavy atom. The molecule has 1 amide bonds. The van der Waals surface area contributed by atoms with Crippen LogP contribution in [0.4, 0.5) is 16.2 Å². The number of anilines is 1. The number of aromatic hydroxyl groups is 1. The van der Waals surface area contributed by atoms with Gasteiger partial charge in [0, 0.05) is 43.5 Å². The number of phenols is 1. The Morgan fingerprint density at radius 2 is 2.15 bits per heavy atom. The molecule has 0 aromatic heterocycles. The fourth-order valence-corrected chi connectivity index (χ4v) is 2.34. The van der Waals surface area contributed by atoms with Gasteiger partial charge in [0.1, 0.15) is 0 Å². The van der Waals surface area contributed by atoms with Crippen LogP contribution >= 0.6 is 0 Å². The van der Waals surface area contributed by atoms with Crippen molar-refractivity contribution in [2.24, 2.45) is 0 Å². The predicted molar refractivity (Wildman–Crippen MR) is 71.2 cm³/mol. The van der Waals surface area contributed by atoms with Crippen LogP contribution in [0.1, 0.15) is 6.92 Å². The topological polar surface area (TPSA) is 107 Å². The lowest BCUT2D eigenvalue weighted by Gasteiger charge is -2.39. The van der Waals surface area contributed by atoms with Crippen molar-refractivity contribution in [1.82, 2.24) is 4.90 Å². The number of hydrogen-bond donors (Lipinski definition) is 2. The Hall–Kier alpha value is -2.51. The van der Waals surface area contributed by atoms with E-state index in [1.54, 1.807) is 13.0 Å². The molecule has 0 bridgehead atoms. The summed E-state index contributed by atoms with van der Waals surface area (Å²) in [5, 5.41) is 29.3. The highest BCUT2D eigenvalue weighted by molar-refractivity contribution is 5.66. The number of amides is 1. The second-order valence-electron chi connectivity index (χ2n) is 4.70. The molecule has 0 spiro atoms. The lowest BCUT2D eigenvalue weighted by molar-refractivity contribution is -0.385. The zero-order valence-corrected chi connectivity index (χ0v) is 10.9. The molecule has 108 valence electrons. The SMILES string of the molecule is C[C@@H]1CN(c2ccc([N+](=O)[O-])c(O)c2)CCN1C(=O)O. The van der Waals surface area contributed by atoms with Gasteiger partial charge in [-0.25, -0.2) is 4.79 Å². The van der Waals surface area contributed by atoms with Crippen molar-refractivity contribution in [3.05, 3.63) is 28.3 Å². The molecule has 1 aromatic carbocycles. The van der Waals surface area contributed by atoms with Gasteiger partial charge in [-0.1, -0.05) is 0 Å². The van der Waals surface area contributed by atoms with Crippen LogP contribution in [-0.2, 0) is 0 Å². The van der Waals surface area contributed by atoms with Crippen molar-refractivity contribution in [3.63, 3.8) is 0 Å². The van der Waals surface area contributed by atoms with E-state index < -0.39 is 11.0 Å². The maximum absolute atomic E-state index is 11.0. The molecular formula is C12H15N3O5. The summed E-state index contributed by atoms with van der Waals surface area (Å²) in [4.78, 5) is 24.2. The molecule has 2 N–H and O–H groups in total. The number of carboxylic acid groups (broad SMARTS) is 1. The highest BCUT2D eigenvalue weighted by atomic mass is 16.6. The standard InChI is InChI=1S/C12H15N3O5/c1-8-7-13(4-5-14(8)12(17)18)9-2-3-10(15(19)20)11(16)6-9/h2-3,6,8,16H,4-5,7H2,1H3,(H,17,18)/t8-/m1/s1. The minimum absolute atomic E-state index is 0.182. The highest BCUT2D eigenvalue weighted by Crippen LogP contribution is 2.31. The lowest BCUT2D eigenvalue weighted by Crippen LogP contribution is -2.53. The van der Waals surface area contributed by atoms with E-state index in [1.807, 2.05) is 4.90 Å². The number of carbonyl (C=O) groups is 1. The number of benzene rings is 1. The zero-order chi connectivity index (χ0) is 14.9. The van der Waals surface area contributed by atoms with Crippen molar-refractivity contribution in [3.8, 4) is 5.75 Å². The second kappa shape index (κ2) is 5.24. The highest BCUT2D eigenvalue weighted by Gasteiger charge is 2.27. The van der Waals surface area contributed by atoms with Gasteiger partial charge in [0.05, 0.1) is 4.92 Å². The molecule has 20 heavy (non-hydrogen) atoms. The molecule has 8 heteroatoms. The maximum atomic E-state index is 11.0. The Balaban J connectivity index is 2.16. The Kier molecular flexibility index (Phi) is 3.64. The van der Waals surface area contributed by atoms with Gasteiger partial charge in [0.25, 0.3) is 0 Å². The van der Waals surface area contributed by atoms with E-state index in [1.165, 1.54) is 17.0 Å². The van der Waals surface area contributed by atoms with Gasteiger partial charge < -0.3 is 20.0 Å². The number of nitro benzene ring substituents is 1. The molecule has 1 fully saturated rings. The average Bonchev–Trinajstić information content (AvgIpc) is 2.37. The third kappa shape index (κ3) is 2.58. The van der Waals surface area contributed by atoms with Crippen LogP contribution in [0.15, 0.2) is 18.2 Å². The molecule has 0 aliphatic carbocycles. The van der Waals surface area contributed by atoms with Gasteiger partial charge in [0.2, 0.25) is 0 Å². The molecule has 8 nitrogen and oxygen atoms in total. The first kappa shape index (κ1) is 13.9. The number of nitrogens with zero attached hydrogens (tertiary/aromatic N) is 3. The molecule has 1 atom stereocenters. The first-order valence-electron chi connectivity index (χ1n) is 6.12. The number of piperazine rings is 1. The minimum Gasteiger partial charge on any atom is -0.502 e. The average molecular weight is 281 g/mol. The normalized spacial score (nSPS) is 18.9. The van der Waals surface area contributed by atoms with Gasteiger partial charge in [0.15, 0.2) is 5.75 Å². The third-order valence-corrected chi connectivity index (χ3v) is 3.39. The van der Waals surface area contributed by atoms with Gasteiger partial charge in [-0.15, -0.1) is 0 Å². The molecule has 1 aliphatic rings. The predicted octanol–water partition coefficient (Wildman–Crippen LogP) is 1.49. The van der Waals surface area contributed by atoms with Crippen molar-refractivity contribution >= 4 is 17.5 Å². The molecular weight excluding hydrogens is 266 g/mol. The number of rotatable bonds is 2. The van der Waals surface area contributed by atoms with Crippen molar-refractivity contribution < 1.29 is 19.9 Å². The van der Waals surface area contributed by atoms with E-state index in [2.05, 4.69) is 0 Å². The Morgan fingerprint density at radius 1 is 1.45 bits per heavy atom.